The zero-order valence-electron chi connectivity index (χ0n) is 11.4. The van der Waals surface area contributed by atoms with Gasteiger partial charge in [0.1, 0.15) is 6.33 Å². The van der Waals surface area contributed by atoms with Gasteiger partial charge in [0.25, 0.3) is 0 Å². The zero-order chi connectivity index (χ0) is 13.8. The monoisotopic (exact) mass is 262 g/mol. The molecular formula is C11H18N8. The molecule has 0 aliphatic carbocycles. The van der Waals surface area contributed by atoms with Crippen molar-refractivity contribution in [3.8, 4) is 5.95 Å². The van der Waals surface area contributed by atoms with Crippen LogP contribution in [0.15, 0.2) is 18.7 Å². The highest BCUT2D eigenvalue weighted by Crippen LogP contribution is 2.10. The van der Waals surface area contributed by atoms with E-state index >= 15 is 0 Å². The molecule has 2 aromatic heterocycles. The molecule has 0 fully saturated rings. The summed E-state index contributed by atoms with van der Waals surface area (Å²) in [5.41, 5.74) is 5.73. The van der Waals surface area contributed by atoms with Gasteiger partial charge in [0.05, 0.1) is 0 Å². The summed E-state index contributed by atoms with van der Waals surface area (Å²) in [4.78, 5) is 20.6. The highest BCUT2D eigenvalue weighted by molar-refractivity contribution is 5.37. The quantitative estimate of drug-likeness (QED) is 0.786. The summed E-state index contributed by atoms with van der Waals surface area (Å²) in [6.07, 6.45) is 5.05. The Kier molecular flexibility index (Phi) is 3.91. The molecule has 2 N–H and O–H groups in total. The van der Waals surface area contributed by atoms with Crippen LogP contribution >= 0.6 is 0 Å². The summed E-state index contributed by atoms with van der Waals surface area (Å²) in [7, 11) is 5.97. The van der Waals surface area contributed by atoms with Crippen LogP contribution in [0.25, 0.3) is 5.95 Å². The first-order valence-corrected chi connectivity index (χ1v) is 5.92. The van der Waals surface area contributed by atoms with Gasteiger partial charge < -0.3 is 15.5 Å². The van der Waals surface area contributed by atoms with Crippen LogP contribution in [0.1, 0.15) is 0 Å². The molecule has 2 aromatic rings. The number of hydrogen-bond acceptors (Lipinski definition) is 7. The lowest BCUT2D eigenvalue weighted by molar-refractivity contribution is 0.415. The van der Waals surface area contributed by atoms with Crippen molar-refractivity contribution in [2.45, 2.75) is 0 Å². The number of nitrogens with two attached hydrogens (primary N) is 1. The van der Waals surface area contributed by atoms with Crippen LogP contribution < -0.4 is 10.6 Å². The second-order valence-corrected chi connectivity index (χ2v) is 4.49. The SMILES string of the molecule is CN(C)CCN(C)c1nc(N)nc(-n2ccnc2)n1. The van der Waals surface area contributed by atoms with Gasteiger partial charge in [-0.15, -0.1) is 0 Å². The van der Waals surface area contributed by atoms with Crippen LogP contribution in [-0.4, -0.2) is 63.6 Å². The first-order chi connectivity index (χ1) is 9.06. The molecule has 8 heteroatoms. The molecule has 0 aliphatic rings. The zero-order valence-corrected chi connectivity index (χ0v) is 11.4. The second-order valence-electron chi connectivity index (χ2n) is 4.49. The fraction of sp³-hybridized carbons (Fsp3) is 0.455. The maximum Gasteiger partial charge on any atom is 0.241 e. The standard InChI is InChI=1S/C11H18N8/c1-17(2)6-7-18(3)10-14-9(12)15-11(16-10)19-5-4-13-8-19/h4-5,8H,6-7H2,1-3H3,(H2,12,14,15,16). The fourth-order valence-corrected chi connectivity index (χ4v) is 1.48. The highest BCUT2D eigenvalue weighted by Gasteiger charge is 2.10. The van der Waals surface area contributed by atoms with E-state index < -0.39 is 0 Å². The fourth-order valence-electron chi connectivity index (χ4n) is 1.48. The lowest BCUT2D eigenvalue weighted by Crippen LogP contribution is -2.30. The van der Waals surface area contributed by atoms with E-state index in [1.807, 2.05) is 26.0 Å². The van der Waals surface area contributed by atoms with E-state index in [0.717, 1.165) is 13.1 Å². The average molecular weight is 262 g/mol. The van der Waals surface area contributed by atoms with E-state index in [9.17, 15) is 0 Å². The minimum atomic E-state index is 0.199. The van der Waals surface area contributed by atoms with Gasteiger partial charge in [0, 0.05) is 32.5 Å². The molecule has 2 heterocycles. The summed E-state index contributed by atoms with van der Waals surface area (Å²) in [6, 6.07) is 0. The average Bonchev–Trinajstić information content (AvgIpc) is 2.89. The molecule has 19 heavy (non-hydrogen) atoms. The van der Waals surface area contributed by atoms with Crippen LogP contribution in [-0.2, 0) is 0 Å². The molecule has 2 rings (SSSR count). The molecule has 0 amide bonds. The molecule has 0 unspecified atom stereocenters. The van der Waals surface area contributed by atoms with Gasteiger partial charge >= 0.3 is 0 Å². The number of rotatable bonds is 5. The van der Waals surface area contributed by atoms with Crippen LogP contribution in [0.2, 0.25) is 0 Å². The van der Waals surface area contributed by atoms with Gasteiger partial charge in [0.2, 0.25) is 17.8 Å². The van der Waals surface area contributed by atoms with E-state index in [-0.39, 0.29) is 5.95 Å². The molecule has 0 atom stereocenters. The third-order valence-corrected chi connectivity index (χ3v) is 2.59. The number of nitrogen functional groups attached to an aromatic ring is 1. The van der Waals surface area contributed by atoms with Crippen LogP contribution in [0.3, 0.4) is 0 Å². The first-order valence-electron chi connectivity index (χ1n) is 5.92. The predicted molar refractivity (Wildman–Crippen MR) is 73.2 cm³/mol. The summed E-state index contributed by atoms with van der Waals surface area (Å²) in [5, 5.41) is 0. The van der Waals surface area contributed by atoms with Gasteiger partial charge in [0.15, 0.2) is 0 Å². The largest absolute Gasteiger partial charge is 0.368 e. The van der Waals surface area contributed by atoms with Gasteiger partial charge in [-0.05, 0) is 14.1 Å². The van der Waals surface area contributed by atoms with E-state index in [0.29, 0.717) is 11.9 Å². The summed E-state index contributed by atoms with van der Waals surface area (Å²) in [6.45, 7) is 1.71. The van der Waals surface area contributed by atoms with Crippen molar-refractivity contribution in [1.29, 1.82) is 0 Å². The Labute approximate surface area is 111 Å². The summed E-state index contributed by atoms with van der Waals surface area (Å²) >= 11 is 0. The minimum Gasteiger partial charge on any atom is -0.368 e. The van der Waals surface area contributed by atoms with Gasteiger partial charge in [-0.3, -0.25) is 4.57 Å². The maximum absolute atomic E-state index is 5.73. The lowest BCUT2D eigenvalue weighted by atomic mass is 10.5. The molecule has 0 bridgehead atoms. The van der Waals surface area contributed by atoms with Crippen LogP contribution in [0, 0.1) is 0 Å². The third kappa shape index (κ3) is 3.38. The predicted octanol–water partition coefficient (Wildman–Crippen LogP) is -0.363. The Bertz CT molecular complexity index is 521. The first kappa shape index (κ1) is 13.2. The smallest absolute Gasteiger partial charge is 0.241 e. The third-order valence-electron chi connectivity index (χ3n) is 2.59. The lowest BCUT2D eigenvalue weighted by Gasteiger charge is -2.19. The molecule has 0 aliphatic heterocycles. The van der Waals surface area contributed by atoms with Crippen molar-refractivity contribution < 1.29 is 0 Å². The minimum absolute atomic E-state index is 0.199. The normalized spacial score (nSPS) is 10.9. The molecular weight excluding hydrogens is 244 g/mol. The summed E-state index contributed by atoms with van der Waals surface area (Å²) in [5.74, 6) is 1.22. The Morgan fingerprint density at radius 2 is 1.95 bits per heavy atom. The van der Waals surface area contributed by atoms with Gasteiger partial charge in [-0.2, -0.15) is 15.0 Å². The van der Waals surface area contributed by atoms with E-state index in [4.69, 9.17) is 5.73 Å². The van der Waals surface area contributed by atoms with Gasteiger partial charge in [-0.1, -0.05) is 0 Å². The van der Waals surface area contributed by atoms with Crippen molar-refractivity contribution in [1.82, 2.24) is 29.4 Å². The van der Waals surface area contributed by atoms with E-state index in [1.54, 1.807) is 23.3 Å². The second kappa shape index (κ2) is 5.61. The maximum atomic E-state index is 5.73. The molecule has 0 spiro atoms. The number of aromatic nitrogens is 5. The molecule has 0 saturated carbocycles. The van der Waals surface area contributed by atoms with Crippen molar-refractivity contribution in [3.63, 3.8) is 0 Å². The summed E-state index contributed by atoms with van der Waals surface area (Å²) < 4.78 is 1.70. The number of likely N-dealkylation sites (N-methyl/N-ethyl adjacent to an activating group) is 2. The molecule has 0 radical (unpaired) electrons. The molecule has 0 aromatic carbocycles. The topological polar surface area (TPSA) is 89.0 Å². The Morgan fingerprint density at radius 1 is 1.16 bits per heavy atom. The highest BCUT2D eigenvalue weighted by atomic mass is 15.3. The Balaban J connectivity index is 2.21. The van der Waals surface area contributed by atoms with E-state index in [2.05, 4.69) is 24.8 Å². The Hall–Kier alpha value is -2.22. The van der Waals surface area contributed by atoms with Crippen molar-refractivity contribution >= 4 is 11.9 Å². The van der Waals surface area contributed by atoms with Crippen LogP contribution in [0.4, 0.5) is 11.9 Å². The number of nitrogens with zero attached hydrogens (tertiary/aromatic N) is 7. The van der Waals surface area contributed by atoms with Crippen molar-refractivity contribution in [2.75, 3.05) is 44.9 Å². The van der Waals surface area contributed by atoms with Crippen molar-refractivity contribution in [2.24, 2.45) is 0 Å². The van der Waals surface area contributed by atoms with Crippen LogP contribution in [0.5, 0.6) is 0 Å². The molecule has 0 saturated heterocycles. The number of hydrogen-bond donors (Lipinski definition) is 1. The molecule has 102 valence electrons. The number of imidazole rings is 1. The number of anilines is 2. The molecule has 8 nitrogen and oxygen atoms in total. The van der Waals surface area contributed by atoms with E-state index in [1.165, 1.54) is 0 Å². The van der Waals surface area contributed by atoms with Crippen molar-refractivity contribution in [3.05, 3.63) is 18.7 Å². The Morgan fingerprint density at radius 3 is 2.58 bits per heavy atom. The van der Waals surface area contributed by atoms with Gasteiger partial charge in [-0.25, -0.2) is 4.98 Å².